The Kier molecular flexibility index (Phi) is 6.44. The van der Waals surface area contributed by atoms with Gasteiger partial charge in [0.15, 0.2) is 11.6 Å². The number of aromatic carboxylic acids is 1. The van der Waals surface area contributed by atoms with Crippen molar-refractivity contribution < 1.29 is 19.1 Å². The molecule has 2 fully saturated rings. The predicted molar refractivity (Wildman–Crippen MR) is 135 cm³/mol. The van der Waals surface area contributed by atoms with Gasteiger partial charge in [0, 0.05) is 48.0 Å². The first-order valence-electron chi connectivity index (χ1n) is 11.4. The van der Waals surface area contributed by atoms with Crippen LogP contribution in [0, 0.1) is 11.7 Å². The van der Waals surface area contributed by atoms with E-state index in [0.29, 0.717) is 23.8 Å². The molecule has 1 saturated carbocycles. The van der Waals surface area contributed by atoms with Gasteiger partial charge < -0.3 is 19.4 Å². The Labute approximate surface area is 210 Å². The maximum atomic E-state index is 15.3. The fourth-order valence-electron chi connectivity index (χ4n) is 4.41. The Bertz CT molecular complexity index is 1470. The van der Waals surface area contributed by atoms with Crippen LogP contribution in [0.25, 0.3) is 11.0 Å². The van der Waals surface area contributed by atoms with Gasteiger partial charge >= 0.3 is 5.97 Å². The standard InChI is InChI=1S/C25H23ClFN5O4/c1-36-30-21-13-31(11-15(21)10-28-9-14-4-2-3-5-19(14)26)24-20(27)8-17-22(33)18(25(34)35)12-32(16-6-7-16)23(17)29-24/h2-5,8-9,12,15-16H,6-7,10-11,13H2,1H3,(H,34,35). The lowest BCUT2D eigenvalue weighted by Crippen LogP contribution is -2.25. The van der Waals surface area contributed by atoms with Crippen molar-refractivity contribution in [2.75, 3.05) is 31.6 Å². The molecule has 0 amide bonds. The lowest BCUT2D eigenvalue weighted by atomic mass is 10.1. The fraction of sp³-hybridized carbons (Fsp3) is 0.320. The second-order valence-electron chi connectivity index (χ2n) is 8.84. The van der Waals surface area contributed by atoms with Crippen molar-refractivity contribution in [1.29, 1.82) is 0 Å². The topological polar surface area (TPSA) is 109 Å². The number of halogens is 2. The first-order valence-corrected chi connectivity index (χ1v) is 11.8. The van der Waals surface area contributed by atoms with Crippen molar-refractivity contribution in [3.8, 4) is 0 Å². The third-order valence-electron chi connectivity index (χ3n) is 6.34. The zero-order chi connectivity index (χ0) is 25.4. The number of nitrogens with zero attached hydrogens (tertiary/aromatic N) is 5. The summed E-state index contributed by atoms with van der Waals surface area (Å²) < 4.78 is 17.0. The van der Waals surface area contributed by atoms with Gasteiger partial charge in [-0.25, -0.2) is 14.2 Å². The van der Waals surface area contributed by atoms with Crippen LogP contribution in [0.4, 0.5) is 10.2 Å². The van der Waals surface area contributed by atoms with Crippen LogP contribution in [0.1, 0.15) is 34.8 Å². The van der Waals surface area contributed by atoms with Crippen molar-refractivity contribution in [2.45, 2.75) is 18.9 Å². The lowest BCUT2D eigenvalue weighted by Gasteiger charge is -2.19. The number of pyridine rings is 2. The smallest absolute Gasteiger partial charge is 0.341 e. The Morgan fingerprint density at radius 1 is 1.36 bits per heavy atom. The molecule has 36 heavy (non-hydrogen) atoms. The molecule has 1 atom stereocenters. The molecule has 1 aliphatic heterocycles. The van der Waals surface area contributed by atoms with Gasteiger partial charge in [-0.3, -0.25) is 9.79 Å². The summed E-state index contributed by atoms with van der Waals surface area (Å²) in [6.45, 7) is 1.04. The monoisotopic (exact) mass is 511 g/mol. The van der Waals surface area contributed by atoms with Crippen LogP contribution >= 0.6 is 11.6 Å². The summed E-state index contributed by atoms with van der Waals surface area (Å²) in [4.78, 5) is 40.1. The van der Waals surface area contributed by atoms with E-state index < -0.39 is 22.8 Å². The number of aliphatic imine (C=N–C) groups is 1. The predicted octanol–water partition coefficient (Wildman–Crippen LogP) is 3.78. The Morgan fingerprint density at radius 2 is 2.14 bits per heavy atom. The van der Waals surface area contributed by atoms with Crippen LogP contribution in [0.3, 0.4) is 0 Å². The van der Waals surface area contributed by atoms with Crippen molar-refractivity contribution in [2.24, 2.45) is 16.1 Å². The SMILES string of the molecule is CON=C1CN(c2nc3c(cc2F)c(=O)c(C(=O)O)cn3C2CC2)CC1CN=Cc1ccccc1Cl. The molecule has 1 saturated heterocycles. The maximum Gasteiger partial charge on any atom is 0.341 e. The molecular formula is C25H23ClFN5O4. The van der Waals surface area contributed by atoms with Crippen LogP contribution < -0.4 is 10.3 Å². The van der Waals surface area contributed by atoms with E-state index in [1.165, 1.54) is 13.3 Å². The van der Waals surface area contributed by atoms with Gasteiger partial charge in [-0.05, 0) is 25.0 Å². The normalized spacial score (nSPS) is 19.0. The molecule has 0 bridgehead atoms. The Morgan fingerprint density at radius 3 is 2.83 bits per heavy atom. The first kappa shape index (κ1) is 23.9. The quantitative estimate of drug-likeness (QED) is 0.382. The van der Waals surface area contributed by atoms with Gasteiger partial charge in [0.1, 0.15) is 18.3 Å². The van der Waals surface area contributed by atoms with E-state index in [1.54, 1.807) is 21.7 Å². The minimum atomic E-state index is -1.35. The molecule has 1 N–H and O–H groups in total. The number of fused-ring (bicyclic) bond motifs is 1. The summed E-state index contributed by atoms with van der Waals surface area (Å²) in [5.74, 6) is -2.14. The maximum absolute atomic E-state index is 15.3. The van der Waals surface area contributed by atoms with E-state index in [-0.39, 0.29) is 35.4 Å². The Balaban J connectivity index is 1.47. The number of carboxylic acid groups (broad SMARTS) is 1. The zero-order valence-electron chi connectivity index (χ0n) is 19.4. The highest BCUT2D eigenvalue weighted by Crippen LogP contribution is 2.37. The molecule has 0 spiro atoms. The molecule has 0 radical (unpaired) electrons. The van der Waals surface area contributed by atoms with Crippen LogP contribution in [0.15, 0.2) is 51.5 Å². The molecule has 11 heteroatoms. The first-order chi connectivity index (χ1) is 17.4. The molecule has 1 aliphatic carbocycles. The summed E-state index contributed by atoms with van der Waals surface area (Å²) in [7, 11) is 1.45. The highest BCUT2D eigenvalue weighted by molar-refractivity contribution is 6.33. The van der Waals surface area contributed by atoms with Crippen LogP contribution in [0.5, 0.6) is 0 Å². The molecular weight excluding hydrogens is 489 g/mol. The van der Waals surface area contributed by atoms with Crippen LogP contribution in [-0.2, 0) is 4.84 Å². The molecule has 3 heterocycles. The minimum Gasteiger partial charge on any atom is -0.477 e. The largest absolute Gasteiger partial charge is 0.477 e. The number of anilines is 1. The number of aromatic nitrogens is 2. The number of hydrogen-bond acceptors (Lipinski definition) is 7. The van der Waals surface area contributed by atoms with Gasteiger partial charge in [-0.15, -0.1) is 0 Å². The zero-order valence-corrected chi connectivity index (χ0v) is 20.2. The summed E-state index contributed by atoms with van der Waals surface area (Å²) in [6, 6.07) is 8.48. The number of carboxylic acids is 1. The molecule has 5 rings (SSSR count). The highest BCUT2D eigenvalue weighted by Gasteiger charge is 2.33. The van der Waals surface area contributed by atoms with E-state index >= 15 is 4.39 Å². The summed E-state index contributed by atoms with van der Waals surface area (Å²) >= 11 is 6.19. The van der Waals surface area contributed by atoms with E-state index in [1.807, 2.05) is 18.2 Å². The van der Waals surface area contributed by atoms with Gasteiger partial charge in [0.05, 0.1) is 17.6 Å². The molecule has 2 aromatic heterocycles. The van der Waals surface area contributed by atoms with Gasteiger partial charge in [-0.2, -0.15) is 0 Å². The number of carbonyl (C=O) groups is 1. The van der Waals surface area contributed by atoms with Crippen molar-refractivity contribution in [3.63, 3.8) is 0 Å². The summed E-state index contributed by atoms with van der Waals surface area (Å²) in [5.41, 5.74) is 0.614. The molecule has 3 aromatic rings. The third-order valence-corrected chi connectivity index (χ3v) is 6.69. The Hall–Kier alpha value is -3.79. The second-order valence-corrected chi connectivity index (χ2v) is 9.25. The summed E-state index contributed by atoms with van der Waals surface area (Å²) in [6.07, 6.45) is 4.68. The number of benzene rings is 1. The molecule has 186 valence electrons. The van der Waals surface area contributed by atoms with Crippen molar-refractivity contribution >= 4 is 46.3 Å². The second kappa shape index (κ2) is 9.69. The van der Waals surface area contributed by atoms with E-state index in [9.17, 15) is 14.7 Å². The molecule has 9 nitrogen and oxygen atoms in total. The molecule has 2 aliphatic rings. The number of hydrogen-bond donors (Lipinski definition) is 1. The third kappa shape index (κ3) is 4.56. The van der Waals surface area contributed by atoms with Crippen LogP contribution in [0.2, 0.25) is 5.02 Å². The molecule has 1 aromatic carbocycles. The van der Waals surface area contributed by atoms with E-state index in [0.717, 1.165) is 24.5 Å². The molecule has 1 unspecified atom stereocenters. The average Bonchev–Trinajstić information content (AvgIpc) is 3.62. The fourth-order valence-corrected chi connectivity index (χ4v) is 4.59. The highest BCUT2D eigenvalue weighted by atomic mass is 35.5. The van der Waals surface area contributed by atoms with E-state index in [4.69, 9.17) is 16.4 Å². The van der Waals surface area contributed by atoms with Crippen molar-refractivity contribution in [3.05, 3.63) is 68.7 Å². The van der Waals surface area contributed by atoms with E-state index in [2.05, 4.69) is 15.1 Å². The van der Waals surface area contributed by atoms with Gasteiger partial charge in [0.25, 0.3) is 0 Å². The van der Waals surface area contributed by atoms with Gasteiger partial charge in [-0.1, -0.05) is 35.0 Å². The van der Waals surface area contributed by atoms with Gasteiger partial charge in [0.2, 0.25) is 5.43 Å². The van der Waals surface area contributed by atoms with Crippen molar-refractivity contribution in [1.82, 2.24) is 9.55 Å². The number of oxime groups is 1. The lowest BCUT2D eigenvalue weighted by molar-refractivity contribution is 0.0695. The average molecular weight is 512 g/mol. The van der Waals surface area contributed by atoms with Crippen LogP contribution in [-0.4, -0.2) is 59.3 Å². The minimum absolute atomic E-state index is 0.0353. The summed E-state index contributed by atoms with van der Waals surface area (Å²) in [5, 5.41) is 14.1. The number of rotatable bonds is 7.